The molecule has 1 radical (unpaired) electrons. The molecule has 79 valence electrons. The number of unbranched alkanes of at least 4 members (excludes halogenated alkanes) is 7. The van der Waals surface area contributed by atoms with E-state index in [0.717, 1.165) is 6.42 Å². The number of halogens is 1. The Kier molecular flexibility index (Phi) is 10.6. The summed E-state index contributed by atoms with van der Waals surface area (Å²) < 4.78 is 0. The molecule has 0 saturated carbocycles. The van der Waals surface area contributed by atoms with E-state index in [4.69, 9.17) is 11.6 Å². The smallest absolute Gasteiger partial charge is 0.0336 e. The van der Waals surface area contributed by atoms with Gasteiger partial charge in [-0.05, 0) is 13.3 Å². The average molecular weight is 204 g/mol. The van der Waals surface area contributed by atoms with Crippen molar-refractivity contribution in [1.29, 1.82) is 0 Å². The van der Waals surface area contributed by atoms with Gasteiger partial charge in [-0.1, -0.05) is 58.3 Å². The Bertz CT molecular complexity index is 89.1. The Hall–Kier alpha value is 0.290. The van der Waals surface area contributed by atoms with Crippen LogP contribution in [0.25, 0.3) is 0 Å². The third kappa shape index (κ3) is 12.3. The molecule has 0 saturated heterocycles. The maximum Gasteiger partial charge on any atom is 0.0336 e. The molecule has 0 aromatic rings. The molecule has 1 atom stereocenters. The van der Waals surface area contributed by atoms with Crippen molar-refractivity contribution in [2.45, 2.75) is 70.1 Å². The van der Waals surface area contributed by atoms with Gasteiger partial charge in [0.25, 0.3) is 0 Å². The minimum absolute atomic E-state index is 0.125. The van der Waals surface area contributed by atoms with Crippen LogP contribution in [0.4, 0.5) is 0 Å². The molecule has 0 bridgehead atoms. The van der Waals surface area contributed by atoms with Crippen molar-refractivity contribution < 1.29 is 0 Å². The molecule has 1 heteroatoms. The first kappa shape index (κ1) is 13.3. The molecule has 1 unspecified atom stereocenters. The van der Waals surface area contributed by atoms with Gasteiger partial charge in [-0.15, -0.1) is 11.6 Å². The first-order valence-electron chi connectivity index (χ1n) is 5.74. The predicted molar refractivity (Wildman–Crippen MR) is 62.2 cm³/mol. The molecule has 0 N–H and O–H groups in total. The number of hydrogen-bond acceptors (Lipinski definition) is 0. The molecule has 0 fully saturated rings. The Morgan fingerprint density at radius 1 is 0.923 bits per heavy atom. The van der Waals surface area contributed by atoms with Crippen LogP contribution in [0.1, 0.15) is 64.7 Å². The normalized spacial score (nSPS) is 13.2. The van der Waals surface area contributed by atoms with Gasteiger partial charge in [0.1, 0.15) is 0 Å². The maximum atomic E-state index is 5.75. The van der Waals surface area contributed by atoms with E-state index in [9.17, 15) is 0 Å². The lowest BCUT2D eigenvalue weighted by atomic mass is 10.1. The Labute approximate surface area is 89.1 Å². The zero-order valence-corrected chi connectivity index (χ0v) is 9.78. The highest BCUT2D eigenvalue weighted by Gasteiger charge is 1.95. The van der Waals surface area contributed by atoms with Crippen molar-refractivity contribution in [3.05, 3.63) is 6.92 Å². The lowest BCUT2D eigenvalue weighted by Gasteiger charge is -2.02. The molecule has 0 aromatic carbocycles. The quantitative estimate of drug-likeness (QED) is 0.367. The van der Waals surface area contributed by atoms with E-state index in [2.05, 4.69) is 13.8 Å². The van der Waals surface area contributed by atoms with E-state index in [1.807, 2.05) is 0 Å². The highest BCUT2D eigenvalue weighted by Crippen LogP contribution is 2.11. The summed E-state index contributed by atoms with van der Waals surface area (Å²) in [4.78, 5) is 0. The molecule has 0 aliphatic rings. The van der Waals surface area contributed by atoms with Crippen LogP contribution in [-0.4, -0.2) is 5.38 Å². The lowest BCUT2D eigenvalue weighted by Crippen LogP contribution is -1.90. The Morgan fingerprint density at radius 2 is 1.38 bits per heavy atom. The largest absolute Gasteiger partial charge is 0.123 e. The summed E-state index contributed by atoms with van der Waals surface area (Å²) in [5.41, 5.74) is 0. The number of hydrogen-bond donors (Lipinski definition) is 0. The molecule has 0 nitrogen and oxygen atoms in total. The van der Waals surface area contributed by atoms with Crippen LogP contribution < -0.4 is 0 Å². The summed E-state index contributed by atoms with van der Waals surface area (Å²) in [5.74, 6) is 0. The van der Waals surface area contributed by atoms with Crippen molar-refractivity contribution >= 4 is 11.6 Å². The van der Waals surface area contributed by atoms with Crippen LogP contribution in [0, 0.1) is 6.92 Å². The van der Waals surface area contributed by atoms with Gasteiger partial charge in [0.15, 0.2) is 0 Å². The molecular formula is C12H24Cl. The molecule has 0 aliphatic heterocycles. The van der Waals surface area contributed by atoms with E-state index >= 15 is 0 Å². The van der Waals surface area contributed by atoms with E-state index in [1.165, 1.54) is 51.4 Å². The monoisotopic (exact) mass is 203 g/mol. The van der Waals surface area contributed by atoms with Gasteiger partial charge >= 0.3 is 0 Å². The fraction of sp³-hybridized carbons (Fsp3) is 0.917. The second-order valence-corrected chi connectivity index (χ2v) is 4.48. The van der Waals surface area contributed by atoms with Crippen molar-refractivity contribution in [3.8, 4) is 0 Å². The zero-order valence-electron chi connectivity index (χ0n) is 9.03. The van der Waals surface area contributed by atoms with Crippen LogP contribution in [0.15, 0.2) is 0 Å². The van der Waals surface area contributed by atoms with Gasteiger partial charge < -0.3 is 0 Å². The van der Waals surface area contributed by atoms with Gasteiger partial charge in [-0.2, -0.15) is 0 Å². The second-order valence-electron chi connectivity index (χ2n) is 3.86. The highest BCUT2D eigenvalue weighted by atomic mass is 35.5. The van der Waals surface area contributed by atoms with Crippen LogP contribution in [0.2, 0.25) is 0 Å². The van der Waals surface area contributed by atoms with Gasteiger partial charge in [-0.3, -0.25) is 0 Å². The summed E-state index contributed by atoms with van der Waals surface area (Å²) in [5, 5.41) is 0.125. The van der Waals surface area contributed by atoms with Gasteiger partial charge in [0.2, 0.25) is 0 Å². The third-order valence-electron chi connectivity index (χ3n) is 2.37. The molecule has 0 aliphatic carbocycles. The highest BCUT2D eigenvalue weighted by molar-refractivity contribution is 6.21. The topological polar surface area (TPSA) is 0 Å². The molecule has 0 aromatic heterocycles. The minimum atomic E-state index is 0.125. The zero-order chi connectivity index (χ0) is 9.94. The molecule has 13 heavy (non-hydrogen) atoms. The van der Waals surface area contributed by atoms with Gasteiger partial charge in [-0.25, -0.2) is 0 Å². The first-order valence-corrected chi connectivity index (χ1v) is 6.18. The van der Waals surface area contributed by atoms with Crippen LogP contribution in [0.3, 0.4) is 0 Å². The SMILES string of the molecule is [CH2]C(Cl)CCCCCCCCCC. The fourth-order valence-corrected chi connectivity index (χ4v) is 1.65. The molecule has 0 amide bonds. The average Bonchev–Trinajstić information content (AvgIpc) is 2.09. The second kappa shape index (κ2) is 10.4. The summed E-state index contributed by atoms with van der Waals surface area (Å²) >= 11 is 5.75. The predicted octanol–water partition coefficient (Wildman–Crippen LogP) is 4.96. The van der Waals surface area contributed by atoms with Crippen LogP contribution in [-0.2, 0) is 0 Å². The van der Waals surface area contributed by atoms with Gasteiger partial charge in [0, 0.05) is 5.38 Å². The number of rotatable bonds is 9. The standard InChI is InChI=1S/C12H24Cl/c1-3-4-5-6-7-8-9-10-11-12(2)13/h12H,2-11H2,1H3. The van der Waals surface area contributed by atoms with Crippen LogP contribution in [0.5, 0.6) is 0 Å². The van der Waals surface area contributed by atoms with E-state index in [0.29, 0.717) is 0 Å². The lowest BCUT2D eigenvalue weighted by molar-refractivity contribution is 0.567. The first-order chi connectivity index (χ1) is 6.27. The van der Waals surface area contributed by atoms with Crippen molar-refractivity contribution in [3.63, 3.8) is 0 Å². The Morgan fingerprint density at radius 3 is 1.85 bits per heavy atom. The van der Waals surface area contributed by atoms with Gasteiger partial charge in [0.05, 0.1) is 0 Å². The summed E-state index contributed by atoms with van der Waals surface area (Å²) in [7, 11) is 0. The van der Waals surface area contributed by atoms with Crippen molar-refractivity contribution in [1.82, 2.24) is 0 Å². The van der Waals surface area contributed by atoms with Crippen LogP contribution >= 0.6 is 11.6 Å². The third-order valence-corrected chi connectivity index (χ3v) is 2.59. The molecule has 0 rings (SSSR count). The fourth-order valence-electron chi connectivity index (χ4n) is 1.50. The van der Waals surface area contributed by atoms with E-state index in [1.54, 1.807) is 0 Å². The summed E-state index contributed by atoms with van der Waals surface area (Å²) in [6.45, 7) is 6.02. The van der Waals surface area contributed by atoms with E-state index < -0.39 is 0 Å². The molecule has 0 heterocycles. The van der Waals surface area contributed by atoms with Crippen molar-refractivity contribution in [2.24, 2.45) is 0 Å². The number of alkyl halides is 1. The van der Waals surface area contributed by atoms with E-state index in [-0.39, 0.29) is 5.38 Å². The minimum Gasteiger partial charge on any atom is -0.123 e. The molecular weight excluding hydrogens is 180 g/mol. The summed E-state index contributed by atoms with van der Waals surface area (Å²) in [6.07, 6.45) is 12.1. The molecule has 0 spiro atoms. The maximum absolute atomic E-state index is 5.75. The van der Waals surface area contributed by atoms with Crippen molar-refractivity contribution in [2.75, 3.05) is 0 Å². The summed E-state index contributed by atoms with van der Waals surface area (Å²) in [6, 6.07) is 0. The Balaban J connectivity index is 2.84.